The Hall–Kier alpha value is -1.87. The third kappa shape index (κ3) is 3.80. The van der Waals surface area contributed by atoms with Crippen molar-refractivity contribution in [2.75, 3.05) is 0 Å². The monoisotopic (exact) mass is 316 g/mol. The van der Waals surface area contributed by atoms with Crippen LogP contribution in [0.3, 0.4) is 0 Å². The average molecular weight is 317 g/mol. The van der Waals surface area contributed by atoms with Gasteiger partial charge in [-0.25, -0.2) is 4.79 Å². The number of carbonyl (C=O) groups is 1. The van der Waals surface area contributed by atoms with E-state index in [4.69, 9.17) is 4.74 Å². The minimum atomic E-state index is -0.401. The van der Waals surface area contributed by atoms with Gasteiger partial charge >= 0.3 is 5.97 Å². The second-order valence-corrected chi connectivity index (χ2v) is 4.93. The van der Waals surface area contributed by atoms with E-state index in [0.29, 0.717) is 17.7 Å². The summed E-state index contributed by atoms with van der Waals surface area (Å²) in [5.74, 6) is 0.128. The molecule has 0 aliphatic rings. The molecule has 2 aromatic carbocycles. The molecule has 0 N–H and O–H groups in total. The van der Waals surface area contributed by atoms with Crippen LogP contribution in [0.1, 0.15) is 5.56 Å². The van der Waals surface area contributed by atoms with E-state index >= 15 is 0 Å². The summed E-state index contributed by atoms with van der Waals surface area (Å²) in [5.41, 5.74) is 1.44. The van der Waals surface area contributed by atoms with Gasteiger partial charge in [0.15, 0.2) is 0 Å². The van der Waals surface area contributed by atoms with Crippen molar-refractivity contribution in [1.29, 1.82) is 0 Å². The van der Waals surface area contributed by atoms with Crippen LogP contribution in [0.15, 0.2) is 71.2 Å². The predicted molar refractivity (Wildman–Crippen MR) is 79.1 cm³/mol. The second-order valence-electron chi connectivity index (χ2n) is 4.07. The topological polar surface area (TPSA) is 26.3 Å². The highest BCUT2D eigenvalue weighted by Crippen LogP contribution is 2.20. The van der Waals surface area contributed by atoms with E-state index < -0.39 is 5.97 Å². The minimum absolute atomic E-state index is 0.401. The molecule has 0 aliphatic heterocycles. The van der Waals surface area contributed by atoms with E-state index in [9.17, 15) is 4.79 Å². The van der Waals surface area contributed by atoms with Gasteiger partial charge in [-0.3, -0.25) is 0 Å². The van der Waals surface area contributed by atoms with Gasteiger partial charge < -0.3 is 4.74 Å². The summed E-state index contributed by atoms with van der Waals surface area (Å²) < 4.78 is 6.20. The van der Waals surface area contributed by atoms with Crippen molar-refractivity contribution in [3.05, 3.63) is 76.8 Å². The first-order valence-corrected chi connectivity index (χ1v) is 6.64. The van der Waals surface area contributed by atoms with Gasteiger partial charge in [0.2, 0.25) is 0 Å². The highest BCUT2D eigenvalue weighted by atomic mass is 79.9. The zero-order valence-corrected chi connectivity index (χ0v) is 11.9. The van der Waals surface area contributed by atoms with Gasteiger partial charge in [0, 0.05) is 16.5 Å². The van der Waals surface area contributed by atoms with Crippen molar-refractivity contribution < 1.29 is 9.53 Å². The molecule has 0 fully saturated rings. The van der Waals surface area contributed by atoms with Crippen molar-refractivity contribution in [2.45, 2.75) is 6.42 Å². The van der Waals surface area contributed by atoms with Crippen LogP contribution in [0, 0.1) is 0 Å². The van der Waals surface area contributed by atoms with E-state index in [-0.39, 0.29) is 0 Å². The molecular formula is C16H13BrO2. The zero-order valence-electron chi connectivity index (χ0n) is 10.3. The van der Waals surface area contributed by atoms with E-state index in [1.807, 2.05) is 42.5 Å². The van der Waals surface area contributed by atoms with Crippen LogP contribution in [0.5, 0.6) is 5.75 Å². The average Bonchev–Trinajstić information content (AvgIpc) is 2.42. The molecule has 0 aromatic heterocycles. The van der Waals surface area contributed by atoms with E-state index in [1.165, 1.54) is 0 Å². The van der Waals surface area contributed by atoms with Crippen molar-refractivity contribution in [3.63, 3.8) is 0 Å². The number of benzene rings is 2. The van der Waals surface area contributed by atoms with Gasteiger partial charge in [0.05, 0.1) is 0 Å². The lowest BCUT2D eigenvalue weighted by molar-refractivity contribution is -0.130. The summed E-state index contributed by atoms with van der Waals surface area (Å²) in [5, 5.41) is 0. The van der Waals surface area contributed by atoms with Crippen LogP contribution >= 0.6 is 15.9 Å². The summed E-state index contributed by atoms with van der Waals surface area (Å²) in [6, 6.07) is 16.7. The molecule has 0 saturated carbocycles. The van der Waals surface area contributed by atoms with E-state index in [2.05, 4.69) is 22.5 Å². The minimum Gasteiger partial charge on any atom is -0.423 e. The van der Waals surface area contributed by atoms with Crippen molar-refractivity contribution in [2.24, 2.45) is 0 Å². The van der Waals surface area contributed by atoms with Crippen molar-refractivity contribution >= 4 is 21.9 Å². The molecular weight excluding hydrogens is 304 g/mol. The van der Waals surface area contributed by atoms with Crippen molar-refractivity contribution in [1.82, 2.24) is 0 Å². The lowest BCUT2D eigenvalue weighted by atomic mass is 10.1. The second kappa shape index (κ2) is 6.34. The number of esters is 1. The molecule has 2 rings (SSSR count). The molecule has 0 saturated heterocycles. The SMILES string of the molecule is C=C(Cc1ccccc1Br)C(=O)Oc1ccccc1. The Labute approximate surface area is 120 Å². The van der Waals surface area contributed by atoms with Crippen molar-refractivity contribution in [3.8, 4) is 5.75 Å². The van der Waals surface area contributed by atoms with Gasteiger partial charge in [-0.15, -0.1) is 0 Å². The summed E-state index contributed by atoms with van der Waals surface area (Å²) in [6.45, 7) is 3.79. The lowest BCUT2D eigenvalue weighted by Gasteiger charge is -2.08. The van der Waals surface area contributed by atoms with Crippen LogP contribution in [0.25, 0.3) is 0 Å². The summed E-state index contributed by atoms with van der Waals surface area (Å²) in [4.78, 5) is 11.9. The van der Waals surface area contributed by atoms with Crippen LogP contribution in [0.4, 0.5) is 0 Å². The molecule has 0 spiro atoms. The van der Waals surface area contributed by atoms with Crippen LogP contribution in [0.2, 0.25) is 0 Å². The molecule has 2 nitrogen and oxygen atoms in total. The molecule has 19 heavy (non-hydrogen) atoms. The number of rotatable bonds is 4. The molecule has 3 heteroatoms. The molecule has 0 heterocycles. The molecule has 0 amide bonds. The Morgan fingerprint density at radius 2 is 1.68 bits per heavy atom. The number of ether oxygens (including phenoxy) is 1. The predicted octanol–water partition coefficient (Wildman–Crippen LogP) is 4.15. The Morgan fingerprint density at radius 1 is 1.05 bits per heavy atom. The molecule has 96 valence electrons. The fourth-order valence-electron chi connectivity index (χ4n) is 1.61. The fraction of sp³-hybridized carbons (Fsp3) is 0.0625. The Balaban J connectivity index is 2.01. The molecule has 0 aliphatic carbocycles. The fourth-order valence-corrected chi connectivity index (χ4v) is 2.04. The Morgan fingerprint density at radius 3 is 2.37 bits per heavy atom. The maximum Gasteiger partial charge on any atom is 0.339 e. The normalized spacial score (nSPS) is 9.95. The van der Waals surface area contributed by atoms with Crippen LogP contribution < -0.4 is 4.74 Å². The molecule has 0 atom stereocenters. The third-order valence-corrected chi connectivity index (χ3v) is 3.38. The van der Waals surface area contributed by atoms with Gasteiger partial charge in [0.1, 0.15) is 5.75 Å². The van der Waals surface area contributed by atoms with E-state index in [1.54, 1.807) is 12.1 Å². The number of halogens is 1. The van der Waals surface area contributed by atoms with Crippen LogP contribution in [-0.2, 0) is 11.2 Å². The summed E-state index contributed by atoms with van der Waals surface area (Å²) >= 11 is 3.45. The van der Waals surface area contributed by atoms with Crippen LogP contribution in [-0.4, -0.2) is 5.97 Å². The molecule has 2 aromatic rings. The summed E-state index contributed by atoms with van der Waals surface area (Å²) in [7, 11) is 0. The standard InChI is InChI=1S/C16H13BrO2/c1-12(11-13-7-5-6-10-15(13)17)16(18)19-14-8-3-2-4-9-14/h2-10H,1,11H2. The first kappa shape index (κ1) is 13.6. The maximum absolute atomic E-state index is 11.9. The molecule has 0 radical (unpaired) electrons. The quantitative estimate of drug-likeness (QED) is 0.481. The molecule has 0 unspecified atom stereocenters. The first-order chi connectivity index (χ1) is 9.16. The van der Waals surface area contributed by atoms with Gasteiger partial charge in [-0.1, -0.05) is 58.9 Å². The van der Waals surface area contributed by atoms with Gasteiger partial charge in [-0.2, -0.15) is 0 Å². The first-order valence-electron chi connectivity index (χ1n) is 5.85. The summed E-state index contributed by atoms with van der Waals surface area (Å²) in [6.07, 6.45) is 0.465. The maximum atomic E-state index is 11.9. The number of carbonyl (C=O) groups excluding carboxylic acids is 1. The number of hydrogen-bond acceptors (Lipinski definition) is 2. The van der Waals surface area contributed by atoms with E-state index in [0.717, 1.165) is 10.0 Å². The molecule has 0 bridgehead atoms. The zero-order chi connectivity index (χ0) is 13.7. The number of hydrogen-bond donors (Lipinski definition) is 0. The highest BCUT2D eigenvalue weighted by Gasteiger charge is 2.11. The third-order valence-electron chi connectivity index (χ3n) is 2.60. The smallest absolute Gasteiger partial charge is 0.339 e. The lowest BCUT2D eigenvalue weighted by Crippen LogP contribution is -2.12. The number of para-hydroxylation sites is 1. The highest BCUT2D eigenvalue weighted by molar-refractivity contribution is 9.10. The largest absolute Gasteiger partial charge is 0.423 e. The Bertz CT molecular complexity index is 591. The van der Waals surface area contributed by atoms with Gasteiger partial charge in [0.25, 0.3) is 0 Å². The Kier molecular flexibility index (Phi) is 4.53. The van der Waals surface area contributed by atoms with Gasteiger partial charge in [-0.05, 0) is 23.8 Å².